The Labute approximate surface area is 47.6 Å². The molecule has 0 aliphatic carbocycles. The number of rotatable bonds is 0. The van der Waals surface area contributed by atoms with Crippen molar-refractivity contribution in [2.24, 2.45) is 5.92 Å². The summed E-state index contributed by atoms with van der Waals surface area (Å²) in [4.78, 5) is 0. The summed E-state index contributed by atoms with van der Waals surface area (Å²) in [5.41, 5.74) is 0. The quantitative estimate of drug-likeness (QED) is 0.478. The molecule has 0 aliphatic rings. The molecule has 0 fully saturated rings. The van der Waals surface area contributed by atoms with Crippen LogP contribution in [0, 0.1) is 5.92 Å². The van der Waals surface area contributed by atoms with Gasteiger partial charge in [-0.05, 0) is 5.92 Å². The molecule has 0 aliphatic heterocycles. The summed E-state index contributed by atoms with van der Waals surface area (Å²) in [6.07, 6.45) is 0. The van der Waals surface area contributed by atoms with E-state index in [-0.39, 0.29) is 20.4 Å². The molecule has 0 aromatic heterocycles. The normalized spacial score (nSPS) is 7.20. The standard InChI is InChI=1S/C4H10.Pd/c1-4(2)3;/h4H,1-3H3;. The predicted molar refractivity (Wildman–Crippen MR) is 20.5 cm³/mol. The van der Waals surface area contributed by atoms with Crippen molar-refractivity contribution >= 4 is 0 Å². The molecular formula is C4H10Pd. The molecule has 36 valence electrons. The fourth-order valence-corrected chi connectivity index (χ4v) is 0. The maximum Gasteiger partial charge on any atom is 0 e. The van der Waals surface area contributed by atoms with Crippen LogP contribution in [0.4, 0.5) is 0 Å². The molecule has 0 N–H and O–H groups in total. The van der Waals surface area contributed by atoms with Crippen molar-refractivity contribution in [3.05, 3.63) is 0 Å². The summed E-state index contributed by atoms with van der Waals surface area (Å²) in [7, 11) is 0. The van der Waals surface area contributed by atoms with Crippen LogP contribution in [-0.4, -0.2) is 0 Å². The molecule has 0 saturated carbocycles. The second-order valence-electron chi connectivity index (χ2n) is 1.73. The van der Waals surface area contributed by atoms with Crippen LogP contribution in [0.25, 0.3) is 0 Å². The van der Waals surface area contributed by atoms with Crippen LogP contribution in [-0.2, 0) is 20.4 Å². The first-order chi connectivity index (χ1) is 1.73. The fraction of sp³-hybridized carbons (Fsp3) is 1.00. The first-order valence-corrected chi connectivity index (χ1v) is 1.73. The van der Waals surface area contributed by atoms with Gasteiger partial charge in [-0.15, -0.1) is 0 Å². The van der Waals surface area contributed by atoms with E-state index < -0.39 is 0 Å². The SMILES string of the molecule is CC(C)C.[Pd]. The Bertz CT molecular complexity index is 8.36. The number of hydrogen-bond acceptors (Lipinski definition) is 0. The largest absolute Gasteiger partial charge is 0.0630 e. The smallest absolute Gasteiger partial charge is 0 e. The van der Waals surface area contributed by atoms with Gasteiger partial charge < -0.3 is 0 Å². The minimum absolute atomic E-state index is 0. The predicted octanol–water partition coefficient (Wildman–Crippen LogP) is 1.66. The van der Waals surface area contributed by atoms with Crippen molar-refractivity contribution in [2.75, 3.05) is 0 Å². The zero-order valence-electron chi connectivity index (χ0n) is 3.89. The minimum atomic E-state index is 0. The van der Waals surface area contributed by atoms with Gasteiger partial charge in [0.2, 0.25) is 0 Å². The molecule has 0 unspecified atom stereocenters. The third-order valence-corrected chi connectivity index (χ3v) is 0. The molecule has 0 heterocycles. The summed E-state index contributed by atoms with van der Waals surface area (Å²) in [5.74, 6) is 0.833. The van der Waals surface area contributed by atoms with Gasteiger partial charge in [0.15, 0.2) is 0 Å². The van der Waals surface area contributed by atoms with Crippen LogP contribution >= 0.6 is 0 Å². The molecule has 0 aromatic carbocycles. The Balaban J connectivity index is 0. The van der Waals surface area contributed by atoms with Crippen LogP contribution in [0.2, 0.25) is 0 Å². The van der Waals surface area contributed by atoms with Gasteiger partial charge >= 0.3 is 0 Å². The summed E-state index contributed by atoms with van der Waals surface area (Å²) < 4.78 is 0. The monoisotopic (exact) mass is 164 g/mol. The molecule has 0 rings (SSSR count). The Kier molecular flexibility index (Phi) is 8.56. The van der Waals surface area contributed by atoms with Crippen LogP contribution in [0.15, 0.2) is 0 Å². The van der Waals surface area contributed by atoms with Crippen LogP contribution in [0.5, 0.6) is 0 Å². The summed E-state index contributed by atoms with van der Waals surface area (Å²) >= 11 is 0. The third-order valence-electron chi connectivity index (χ3n) is 0. The van der Waals surface area contributed by atoms with E-state index in [4.69, 9.17) is 0 Å². The molecule has 5 heavy (non-hydrogen) atoms. The third kappa shape index (κ3) is 75.3. The first-order valence-electron chi connectivity index (χ1n) is 1.73. The second-order valence-corrected chi connectivity index (χ2v) is 1.73. The Morgan fingerprint density at radius 3 is 1.00 bits per heavy atom. The van der Waals surface area contributed by atoms with E-state index in [2.05, 4.69) is 20.8 Å². The molecule has 0 amide bonds. The maximum absolute atomic E-state index is 2.17. The van der Waals surface area contributed by atoms with Gasteiger partial charge in [0.1, 0.15) is 0 Å². The van der Waals surface area contributed by atoms with Gasteiger partial charge in [-0.3, -0.25) is 0 Å². The second kappa shape index (κ2) is 4.66. The summed E-state index contributed by atoms with van der Waals surface area (Å²) in [5, 5.41) is 0. The fourth-order valence-electron chi connectivity index (χ4n) is 0. The van der Waals surface area contributed by atoms with E-state index in [0.717, 1.165) is 5.92 Å². The van der Waals surface area contributed by atoms with Gasteiger partial charge in [-0.25, -0.2) is 0 Å². The zero-order chi connectivity index (χ0) is 3.58. The molecule has 0 spiro atoms. The Morgan fingerprint density at radius 1 is 1.00 bits per heavy atom. The van der Waals surface area contributed by atoms with Crippen LogP contribution in [0.1, 0.15) is 20.8 Å². The minimum Gasteiger partial charge on any atom is -0.0630 e. The van der Waals surface area contributed by atoms with Crippen molar-refractivity contribution in [1.29, 1.82) is 0 Å². The van der Waals surface area contributed by atoms with Gasteiger partial charge in [0.25, 0.3) is 0 Å². The van der Waals surface area contributed by atoms with Crippen molar-refractivity contribution in [3.8, 4) is 0 Å². The first kappa shape index (κ1) is 9.18. The van der Waals surface area contributed by atoms with E-state index in [1.807, 2.05) is 0 Å². The molecule has 0 atom stereocenters. The average Bonchev–Trinajstić information content (AvgIpc) is 0.811. The van der Waals surface area contributed by atoms with E-state index in [1.165, 1.54) is 0 Å². The maximum atomic E-state index is 2.17. The van der Waals surface area contributed by atoms with Gasteiger partial charge in [0, 0.05) is 20.4 Å². The molecule has 0 aromatic rings. The Morgan fingerprint density at radius 2 is 1.00 bits per heavy atom. The van der Waals surface area contributed by atoms with Gasteiger partial charge in [0.05, 0.1) is 0 Å². The topological polar surface area (TPSA) is 0 Å². The Hall–Kier alpha value is 0.662. The van der Waals surface area contributed by atoms with Crippen molar-refractivity contribution in [3.63, 3.8) is 0 Å². The molecule has 0 nitrogen and oxygen atoms in total. The molecule has 0 saturated heterocycles. The van der Waals surface area contributed by atoms with Crippen molar-refractivity contribution < 1.29 is 20.4 Å². The van der Waals surface area contributed by atoms with Crippen molar-refractivity contribution in [2.45, 2.75) is 20.8 Å². The summed E-state index contributed by atoms with van der Waals surface area (Å²) in [6.45, 7) is 6.50. The van der Waals surface area contributed by atoms with E-state index in [0.29, 0.717) is 0 Å². The van der Waals surface area contributed by atoms with Crippen LogP contribution in [0.3, 0.4) is 0 Å². The number of hydrogen-bond donors (Lipinski definition) is 0. The van der Waals surface area contributed by atoms with E-state index >= 15 is 0 Å². The van der Waals surface area contributed by atoms with Gasteiger partial charge in [-0.1, -0.05) is 20.8 Å². The molecule has 0 bridgehead atoms. The molecule has 0 radical (unpaired) electrons. The van der Waals surface area contributed by atoms with Gasteiger partial charge in [-0.2, -0.15) is 0 Å². The molecular weight excluding hydrogens is 154 g/mol. The van der Waals surface area contributed by atoms with E-state index in [1.54, 1.807) is 0 Å². The average molecular weight is 165 g/mol. The summed E-state index contributed by atoms with van der Waals surface area (Å²) in [6, 6.07) is 0. The zero-order valence-corrected chi connectivity index (χ0v) is 5.45. The van der Waals surface area contributed by atoms with Crippen LogP contribution < -0.4 is 0 Å². The molecule has 1 heteroatoms. The van der Waals surface area contributed by atoms with E-state index in [9.17, 15) is 0 Å². The van der Waals surface area contributed by atoms with Crippen molar-refractivity contribution in [1.82, 2.24) is 0 Å².